The highest BCUT2D eigenvalue weighted by atomic mass is 19.4. The van der Waals surface area contributed by atoms with Crippen LogP contribution < -0.4 is 5.01 Å². The lowest BCUT2D eigenvalue weighted by Crippen LogP contribution is -2.65. The summed E-state index contributed by atoms with van der Waals surface area (Å²) in [5.41, 5.74) is -4.78. The van der Waals surface area contributed by atoms with Crippen LogP contribution in [0.25, 0.3) is 0 Å². The number of benzene rings is 1. The number of carbonyl (C=O) groups excluding carboxylic acids is 2. The first-order chi connectivity index (χ1) is 12.7. The number of anilines is 1. The van der Waals surface area contributed by atoms with Gasteiger partial charge in [-0.25, -0.2) is 0 Å². The van der Waals surface area contributed by atoms with Gasteiger partial charge in [-0.15, -0.1) is 0 Å². The van der Waals surface area contributed by atoms with E-state index in [-0.39, 0.29) is 12.1 Å². The Bertz CT molecular complexity index is 880. The molecule has 4 atom stereocenters. The van der Waals surface area contributed by atoms with Crippen LogP contribution in [-0.4, -0.2) is 30.9 Å². The quantitative estimate of drug-likeness (QED) is 0.586. The van der Waals surface area contributed by atoms with Gasteiger partial charge in [-0.3, -0.25) is 9.59 Å². The topological polar surface area (TPSA) is 59.0 Å². The number of nitrogens with zero attached hydrogens (tertiary/aromatic N) is 2. The fraction of sp³-hybridized carbons (Fsp3) is 0.421. The molecule has 3 aliphatic rings. The summed E-state index contributed by atoms with van der Waals surface area (Å²) in [4.78, 5) is 26.1. The van der Waals surface area contributed by atoms with Gasteiger partial charge in [-0.1, -0.05) is 30.4 Å². The molecule has 1 fully saturated rings. The van der Waals surface area contributed by atoms with Crippen molar-refractivity contribution in [1.29, 1.82) is 0 Å². The van der Waals surface area contributed by atoms with Crippen LogP contribution in [-0.2, 0) is 14.3 Å². The van der Waals surface area contributed by atoms with Crippen LogP contribution in [0.5, 0.6) is 0 Å². The van der Waals surface area contributed by atoms with E-state index in [4.69, 9.17) is 0 Å². The minimum Gasteiger partial charge on any atom is -0.468 e. The summed E-state index contributed by atoms with van der Waals surface area (Å²) in [5, 5.41) is 5.16. The van der Waals surface area contributed by atoms with Crippen LogP contribution in [0.1, 0.15) is 13.3 Å². The maximum absolute atomic E-state index is 14.5. The first-order valence-corrected chi connectivity index (χ1v) is 8.51. The Hall–Kier alpha value is -2.64. The summed E-state index contributed by atoms with van der Waals surface area (Å²) in [6.07, 6.45) is -1.95. The van der Waals surface area contributed by atoms with Crippen LogP contribution in [0.15, 0.2) is 47.6 Å². The van der Waals surface area contributed by atoms with Gasteiger partial charge in [-0.05, 0) is 31.4 Å². The average molecular weight is 378 g/mol. The van der Waals surface area contributed by atoms with E-state index in [0.29, 0.717) is 5.69 Å². The molecule has 1 aromatic carbocycles. The number of carbonyl (C=O) groups is 2. The lowest BCUT2D eigenvalue weighted by molar-refractivity contribution is -0.258. The molecule has 0 saturated heterocycles. The Labute approximate surface area is 153 Å². The van der Waals surface area contributed by atoms with Crippen molar-refractivity contribution in [3.63, 3.8) is 0 Å². The average Bonchev–Trinajstić information content (AvgIpc) is 3.29. The van der Waals surface area contributed by atoms with Gasteiger partial charge in [0.05, 0.1) is 18.5 Å². The van der Waals surface area contributed by atoms with E-state index >= 15 is 0 Å². The summed E-state index contributed by atoms with van der Waals surface area (Å²) < 4.78 is 48.2. The second-order valence-corrected chi connectivity index (χ2v) is 7.08. The molecule has 4 rings (SSSR count). The molecule has 142 valence electrons. The molecule has 0 N–H and O–H groups in total. The van der Waals surface area contributed by atoms with E-state index in [1.54, 1.807) is 36.4 Å². The van der Waals surface area contributed by atoms with E-state index in [1.807, 2.05) is 0 Å². The third-order valence-electron chi connectivity index (χ3n) is 6.12. The summed E-state index contributed by atoms with van der Waals surface area (Å²) in [7, 11) is 0.917. The maximum atomic E-state index is 14.5. The number of methoxy groups -OCH3 is 1. The Morgan fingerprint density at radius 2 is 1.85 bits per heavy atom. The van der Waals surface area contributed by atoms with E-state index in [0.717, 1.165) is 12.1 Å². The van der Waals surface area contributed by atoms with E-state index in [1.165, 1.54) is 13.0 Å². The zero-order valence-corrected chi connectivity index (χ0v) is 14.7. The highest BCUT2D eigenvalue weighted by molar-refractivity contribution is 6.22. The Morgan fingerprint density at radius 1 is 1.22 bits per heavy atom. The van der Waals surface area contributed by atoms with Crippen molar-refractivity contribution in [3.05, 3.63) is 42.5 Å². The third kappa shape index (κ3) is 1.83. The highest BCUT2D eigenvalue weighted by Crippen LogP contribution is 2.71. The monoisotopic (exact) mass is 378 g/mol. The number of fused-ring (bicyclic) bond motifs is 3. The number of amides is 1. The molecule has 5 nitrogen and oxygen atoms in total. The first-order valence-electron chi connectivity index (χ1n) is 8.51. The number of ether oxygens (including phenoxy) is 1. The molecule has 0 aromatic heterocycles. The van der Waals surface area contributed by atoms with Crippen LogP contribution in [0, 0.1) is 22.7 Å². The molecule has 1 saturated carbocycles. The van der Waals surface area contributed by atoms with Gasteiger partial charge < -0.3 is 4.74 Å². The van der Waals surface area contributed by atoms with Crippen molar-refractivity contribution in [3.8, 4) is 0 Å². The van der Waals surface area contributed by atoms with Gasteiger partial charge in [-0.2, -0.15) is 23.3 Å². The fourth-order valence-corrected chi connectivity index (χ4v) is 5.17. The van der Waals surface area contributed by atoms with Gasteiger partial charge in [0.2, 0.25) is 0 Å². The van der Waals surface area contributed by atoms with Crippen molar-refractivity contribution < 1.29 is 27.5 Å². The molecule has 1 amide bonds. The number of hydrogen-bond donors (Lipinski definition) is 0. The summed E-state index contributed by atoms with van der Waals surface area (Å²) in [6, 6.07) is 8.23. The SMILES string of the molecule is COC(=O)C1(C(F)(F)F)C2C=CC(C2)C12C(=O)N(c1ccccc1)N=C2C. The summed E-state index contributed by atoms with van der Waals surface area (Å²) in [6.45, 7) is 1.39. The van der Waals surface area contributed by atoms with Crippen LogP contribution in [0.3, 0.4) is 0 Å². The molecule has 4 unspecified atom stereocenters. The highest BCUT2D eigenvalue weighted by Gasteiger charge is 2.86. The van der Waals surface area contributed by atoms with Gasteiger partial charge >= 0.3 is 12.1 Å². The van der Waals surface area contributed by atoms with Crippen LogP contribution >= 0.6 is 0 Å². The number of para-hydroxylation sites is 1. The van der Waals surface area contributed by atoms with E-state index < -0.39 is 40.7 Å². The van der Waals surface area contributed by atoms with Crippen LogP contribution in [0.4, 0.5) is 18.9 Å². The standard InChI is InChI=1S/C19H17F3N2O3/c1-11-17(15(25)24(23-11)14-6-4-3-5-7-14)12-8-9-13(10-12)18(17,16(26)27-2)19(20,21)22/h3-9,12-13H,10H2,1-2H3. The number of rotatable bonds is 2. The molecule has 0 radical (unpaired) electrons. The maximum Gasteiger partial charge on any atom is 0.406 e. The van der Waals surface area contributed by atoms with Gasteiger partial charge in [0.1, 0.15) is 5.41 Å². The number of allylic oxidation sites excluding steroid dienone is 2. The Kier molecular flexibility index (Phi) is 3.57. The first kappa shape index (κ1) is 17.8. The lowest BCUT2D eigenvalue weighted by atomic mass is 9.55. The zero-order chi connectivity index (χ0) is 19.6. The number of halogens is 3. The predicted octanol–water partition coefficient (Wildman–Crippen LogP) is 3.32. The second-order valence-electron chi connectivity index (χ2n) is 7.08. The lowest BCUT2D eigenvalue weighted by Gasteiger charge is -2.46. The Morgan fingerprint density at radius 3 is 2.44 bits per heavy atom. The molecule has 27 heavy (non-hydrogen) atoms. The minimum atomic E-state index is -4.98. The third-order valence-corrected chi connectivity index (χ3v) is 6.12. The van der Waals surface area contributed by atoms with Gasteiger partial charge in [0.25, 0.3) is 5.91 Å². The summed E-state index contributed by atoms with van der Waals surface area (Å²) >= 11 is 0. The van der Waals surface area contributed by atoms with Crippen molar-refractivity contribution in [2.45, 2.75) is 19.5 Å². The van der Waals surface area contributed by atoms with E-state index in [2.05, 4.69) is 9.84 Å². The molecule has 2 bridgehead atoms. The van der Waals surface area contributed by atoms with Crippen molar-refractivity contribution in [2.75, 3.05) is 12.1 Å². The van der Waals surface area contributed by atoms with Crippen LogP contribution in [0.2, 0.25) is 0 Å². The Balaban J connectivity index is 1.98. The molecule has 2 aliphatic carbocycles. The minimum absolute atomic E-state index is 0.0177. The van der Waals surface area contributed by atoms with Crippen molar-refractivity contribution in [1.82, 2.24) is 0 Å². The van der Waals surface area contributed by atoms with Gasteiger partial charge in [0, 0.05) is 5.92 Å². The number of esters is 1. The smallest absolute Gasteiger partial charge is 0.406 e. The number of alkyl halides is 3. The molecular weight excluding hydrogens is 361 g/mol. The predicted molar refractivity (Wildman–Crippen MR) is 90.7 cm³/mol. The van der Waals surface area contributed by atoms with Crippen molar-refractivity contribution >= 4 is 23.3 Å². The van der Waals surface area contributed by atoms with Crippen molar-refractivity contribution in [2.24, 2.45) is 27.8 Å². The molecular formula is C19H17F3N2O3. The second kappa shape index (κ2) is 5.43. The number of hydrazone groups is 1. The zero-order valence-electron chi connectivity index (χ0n) is 14.7. The fourth-order valence-electron chi connectivity index (χ4n) is 5.17. The molecule has 1 aliphatic heterocycles. The molecule has 8 heteroatoms. The summed E-state index contributed by atoms with van der Waals surface area (Å²) in [5.74, 6) is -4.22. The molecule has 1 spiro atoms. The number of hydrogen-bond acceptors (Lipinski definition) is 4. The molecule has 1 heterocycles. The van der Waals surface area contributed by atoms with E-state index in [9.17, 15) is 22.8 Å². The van der Waals surface area contributed by atoms with Gasteiger partial charge in [0.15, 0.2) is 5.41 Å². The molecule has 1 aromatic rings. The largest absolute Gasteiger partial charge is 0.468 e. The normalized spacial score (nSPS) is 34.5.